The van der Waals surface area contributed by atoms with E-state index in [1.807, 2.05) is 0 Å². The first kappa shape index (κ1) is 13.1. The van der Waals surface area contributed by atoms with Crippen LogP contribution in [0.25, 0.3) is 0 Å². The summed E-state index contributed by atoms with van der Waals surface area (Å²) in [4.78, 5) is 37.9. The quantitative estimate of drug-likeness (QED) is 0.845. The smallest absolute Gasteiger partial charge is 0.323 e. The Balaban J connectivity index is 2.54. The Kier molecular flexibility index (Phi) is 3.25. The van der Waals surface area contributed by atoms with Crippen molar-refractivity contribution >= 4 is 23.5 Å². The number of carbonyl (C=O) groups is 3. The lowest BCUT2D eigenvalue weighted by atomic mass is 10.1. The van der Waals surface area contributed by atoms with Crippen LogP contribution in [-0.4, -0.2) is 47.4 Å². The van der Waals surface area contributed by atoms with Gasteiger partial charge in [-0.3, -0.25) is 14.4 Å². The van der Waals surface area contributed by atoms with Crippen molar-refractivity contribution in [2.75, 3.05) is 18.5 Å². The fourth-order valence-electron chi connectivity index (χ4n) is 2.16. The SMILES string of the molecule is CC1C(=O)N(C)c2ccccc2C(=O)N1CC(=O)O. The average molecular weight is 262 g/mol. The maximum absolute atomic E-state index is 12.4. The van der Waals surface area contributed by atoms with E-state index in [9.17, 15) is 14.4 Å². The number of carboxylic acids is 1. The highest BCUT2D eigenvalue weighted by atomic mass is 16.4. The molecule has 2 amide bonds. The number of hydrogen-bond donors (Lipinski definition) is 1. The van der Waals surface area contributed by atoms with E-state index in [1.165, 1.54) is 11.8 Å². The van der Waals surface area contributed by atoms with Crippen molar-refractivity contribution in [2.24, 2.45) is 0 Å². The molecular formula is C13H14N2O4. The number of anilines is 1. The van der Waals surface area contributed by atoms with Gasteiger partial charge in [-0.1, -0.05) is 12.1 Å². The van der Waals surface area contributed by atoms with Crippen LogP contribution >= 0.6 is 0 Å². The van der Waals surface area contributed by atoms with Gasteiger partial charge in [0.2, 0.25) is 5.91 Å². The van der Waals surface area contributed by atoms with Crippen LogP contribution in [0, 0.1) is 0 Å². The molecule has 1 aliphatic rings. The number of carboxylic acid groups (broad SMARTS) is 1. The molecule has 1 aliphatic heterocycles. The molecule has 0 saturated carbocycles. The maximum Gasteiger partial charge on any atom is 0.323 e. The van der Waals surface area contributed by atoms with Gasteiger partial charge >= 0.3 is 5.97 Å². The van der Waals surface area contributed by atoms with Crippen molar-refractivity contribution in [3.63, 3.8) is 0 Å². The minimum absolute atomic E-state index is 0.306. The minimum Gasteiger partial charge on any atom is -0.480 e. The van der Waals surface area contributed by atoms with E-state index in [2.05, 4.69) is 0 Å². The second-order valence-electron chi connectivity index (χ2n) is 4.42. The van der Waals surface area contributed by atoms with Gasteiger partial charge in [-0.15, -0.1) is 0 Å². The van der Waals surface area contributed by atoms with Gasteiger partial charge in [0, 0.05) is 7.05 Å². The molecule has 0 saturated heterocycles. The normalized spacial score (nSPS) is 19.2. The number of nitrogens with zero attached hydrogens (tertiary/aromatic N) is 2. The van der Waals surface area contributed by atoms with Crippen LogP contribution in [0.4, 0.5) is 5.69 Å². The van der Waals surface area contributed by atoms with E-state index in [0.29, 0.717) is 11.3 Å². The Bertz CT molecular complexity index is 555. The van der Waals surface area contributed by atoms with Gasteiger partial charge in [0.15, 0.2) is 0 Å². The highest BCUT2D eigenvalue weighted by Gasteiger charge is 2.36. The molecule has 1 atom stereocenters. The molecule has 6 nitrogen and oxygen atoms in total. The molecule has 0 radical (unpaired) electrons. The molecule has 1 unspecified atom stereocenters. The lowest BCUT2D eigenvalue weighted by molar-refractivity contribution is -0.138. The molecule has 0 fully saturated rings. The number of benzene rings is 1. The standard InChI is InChI=1S/C13H14N2O4/c1-8-12(18)14(2)10-6-4-3-5-9(10)13(19)15(8)7-11(16)17/h3-6,8H,7H2,1-2H3,(H,16,17). The van der Waals surface area contributed by atoms with Crippen LogP contribution in [0.3, 0.4) is 0 Å². The Morgan fingerprint density at radius 3 is 2.58 bits per heavy atom. The van der Waals surface area contributed by atoms with Gasteiger partial charge in [-0.05, 0) is 19.1 Å². The van der Waals surface area contributed by atoms with Gasteiger partial charge in [0.05, 0.1) is 11.3 Å². The first-order chi connectivity index (χ1) is 8.93. The number of likely N-dealkylation sites (N-methyl/N-ethyl adjacent to an activating group) is 1. The molecule has 0 bridgehead atoms. The van der Waals surface area contributed by atoms with Crippen molar-refractivity contribution in [1.82, 2.24) is 4.90 Å². The third-order valence-electron chi connectivity index (χ3n) is 3.22. The van der Waals surface area contributed by atoms with Crippen molar-refractivity contribution in [3.8, 4) is 0 Å². The molecule has 1 aromatic carbocycles. The summed E-state index contributed by atoms with van der Waals surface area (Å²) in [6.45, 7) is 1.04. The number of fused-ring (bicyclic) bond motifs is 1. The lowest BCUT2D eigenvalue weighted by Crippen LogP contribution is -2.47. The second kappa shape index (κ2) is 4.72. The largest absolute Gasteiger partial charge is 0.480 e. The predicted molar refractivity (Wildman–Crippen MR) is 68.0 cm³/mol. The van der Waals surface area contributed by atoms with E-state index in [0.717, 1.165) is 4.90 Å². The molecule has 19 heavy (non-hydrogen) atoms. The first-order valence-corrected chi connectivity index (χ1v) is 5.83. The minimum atomic E-state index is -1.14. The monoisotopic (exact) mass is 262 g/mol. The summed E-state index contributed by atoms with van der Waals surface area (Å²) in [5, 5.41) is 8.87. The topological polar surface area (TPSA) is 77.9 Å². The molecule has 0 spiro atoms. The fourth-order valence-corrected chi connectivity index (χ4v) is 2.16. The van der Waals surface area contributed by atoms with Crippen molar-refractivity contribution in [1.29, 1.82) is 0 Å². The van der Waals surface area contributed by atoms with Crippen LogP contribution in [0.5, 0.6) is 0 Å². The van der Waals surface area contributed by atoms with Crippen LogP contribution < -0.4 is 4.90 Å². The second-order valence-corrected chi connectivity index (χ2v) is 4.42. The molecule has 1 heterocycles. The van der Waals surface area contributed by atoms with E-state index in [1.54, 1.807) is 31.3 Å². The summed E-state index contributed by atoms with van der Waals surface area (Å²) in [6.07, 6.45) is 0. The zero-order valence-electron chi connectivity index (χ0n) is 10.7. The summed E-state index contributed by atoms with van der Waals surface area (Å²) < 4.78 is 0. The van der Waals surface area contributed by atoms with Crippen LogP contribution in [-0.2, 0) is 9.59 Å². The summed E-state index contributed by atoms with van der Waals surface area (Å²) >= 11 is 0. The molecule has 1 aromatic rings. The third kappa shape index (κ3) is 2.16. The number of amides is 2. The van der Waals surface area contributed by atoms with Crippen molar-refractivity contribution < 1.29 is 19.5 Å². The molecule has 100 valence electrons. The highest BCUT2D eigenvalue weighted by molar-refractivity contribution is 6.11. The van der Waals surface area contributed by atoms with Gasteiger partial charge in [-0.25, -0.2) is 0 Å². The first-order valence-electron chi connectivity index (χ1n) is 5.83. The zero-order valence-corrected chi connectivity index (χ0v) is 10.7. The number of para-hydroxylation sites is 1. The molecule has 6 heteroatoms. The zero-order chi connectivity index (χ0) is 14.2. The Morgan fingerprint density at radius 2 is 1.95 bits per heavy atom. The predicted octanol–water partition coefficient (Wildman–Crippen LogP) is 0.578. The van der Waals surface area contributed by atoms with E-state index >= 15 is 0 Å². The summed E-state index contributed by atoms with van der Waals surface area (Å²) in [6, 6.07) is 5.87. The molecule has 2 rings (SSSR count). The van der Waals surface area contributed by atoms with Crippen LogP contribution in [0.2, 0.25) is 0 Å². The Morgan fingerprint density at radius 1 is 1.32 bits per heavy atom. The molecule has 0 aromatic heterocycles. The fraction of sp³-hybridized carbons (Fsp3) is 0.308. The number of rotatable bonds is 2. The Labute approximate surface area is 110 Å². The van der Waals surface area contributed by atoms with E-state index in [-0.39, 0.29) is 5.91 Å². The van der Waals surface area contributed by atoms with Gasteiger partial charge < -0.3 is 14.9 Å². The molecule has 0 aliphatic carbocycles. The van der Waals surface area contributed by atoms with Gasteiger partial charge in [0.1, 0.15) is 12.6 Å². The van der Waals surface area contributed by atoms with Crippen LogP contribution in [0.15, 0.2) is 24.3 Å². The summed E-state index contributed by atoms with van der Waals surface area (Å²) in [5.74, 6) is -1.89. The van der Waals surface area contributed by atoms with Crippen LogP contribution in [0.1, 0.15) is 17.3 Å². The van der Waals surface area contributed by atoms with Crippen molar-refractivity contribution in [3.05, 3.63) is 29.8 Å². The lowest BCUT2D eigenvalue weighted by Gasteiger charge is -2.25. The third-order valence-corrected chi connectivity index (χ3v) is 3.22. The van der Waals surface area contributed by atoms with E-state index < -0.39 is 24.5 Å². The van der Waals surface area contributed by atoms with Gasteiger partial charge in [0.25, 0.3) is 5.91 Å². The average Bonchev–Trinajstić information content (AvgIpc) is 2.46. The maximum atomic E-state index is 12.4. The molecule has 1 N–H and O–H groups in total. The van der Waals surface area contributed by atoms with E-state index in [4.69, 9.17) is 5.11 Å². The number of aliphatic carboxylic acids is 1. The number of carbonyl (C=O) groups excluding carboxylic acids is 2. The Hall–Kier alpha value is -2.37. The summed E-state index contributed by atoms with van der Waals surface area (Å²) in [5.41, 5.74) is 0.834. The molecular weight excluding hydrogens is 248 g/mol. The van der Waals surface area contributed by atoms with Gasteiger partial charge in [-0.2, -0.15) is 0 Å². The highest BCUT2D eigenvalue weighted by Crippen LogP contribution is 2.26. The summed E-state index contributed by atoms with van der Waals surface area (Å²) in [7, 11) is 1.58. The number of hydrogen-bond acceptors (Lipinski definition) is 3. The van der Waals surface area contributed by atoms with Crippen molar-refractivity contribution in [2.45, 2.75) is 13.0 Å².